The first-order valence-electron chi connectivity index (χ1n) is 41.6. The van der Waals surface area contributed by atoms with Crippen molar-refractivity contribution in [2.75, 3.05) is 39.6 Å². The average molecular weight is 1450 g/mol. The minimum atomic E-state index is -4.96. The van der Waals surface area contributed by atoms with Crippen molar-refractivity contribution in [2.45, 2.75) is 445 Å². The maximum absolute atomic E-state index is 13.1. The number of carbonyl (C=O) groups excluding carboxylic acids is 4. The molecule has 0 aliphatic rings. The molecule has 19 heteroatoms. The molecule has 0 saturated heterocycles. The Hall–Kier alpha value is -1.94. The first kappa shape index (κ1) is 97.1. The third-order valence-electron chi connectivity index (χ3n) is 18.8. The quantitative estimate of drug-likeness (QED) is 0.0222. The van der Waals surface area contributed by atoms with E-state index in [2.05, 4.69) is 34.6 Å². The number of aliphatic hydroxyl groups excluding tert-OH is 1. The van der Waals surface area contributed by atoms with Crippen molar-refractivity contribution in [3.63, 3.8) is 0 Å². The number of phosphoric acid groups is 2. The van der Waals surface area contributed by atoms with Crippen molar-refractivity contribution in [3.8, 4) is 0 Å². The number of hydrogen-bond acceptors (Lipinski definition) is 15. The molecule has 0 saturated carbocycles. The van der Waals surface area contributed by atoms with Gasteiger partial charge in [0.25, 0.3) is 0 Å². The van der Waals surface area contributed by atoms with E-state index in [1.54, 1.807) is 0 Å². The van der Waals surface area contributed by atoms with E-state index >= 15 is 0 Å². The topological polar surface area (TPSA) is 237 Å². The van der Waals surface area contributed by atoms with Gasteiger partial charge in [0, 0.05) is 25.7 Å². The molecule has 0 heterocycles. The molecule has 2 unspecified atom stereocenters. The maximum atomic E-state index is 13.1. The third-order valence-corrected chi connectivity index (χ3v) is 20.7. The van der Waals surface area contributed by atoms with Crippen LogP contribution in [0.1, 0.15) is 426 Å². The van der Waals surface area contributed by atoms with Gasteiger partial charge in [0.15, 0.2) is 12.2 Å². The average Bonchev–Trinajstić information content (AvgIpc) is 0.984. The van der Waals surface area contributed by atoms with Crippen molar-refractivity contribution in [1.29, 1.82) is 0 Å². The Bertz CT molecular complexity index is 1890. The van der Waals surface area contributed by atoms with Gasteiger partial charge in [0.1, 0.15) is 19.3 Å². The number of phosphoric ester groups is 2. The highest BCUT2D eigenvalue weighted by molar-refractivity contribution is 7.47. The van der Waals surface area contributed by atoms with Crippen molar-refractivity contribution in [1.82, 2.24) is 0 Å². The van der Waals surface area contributed by atoms with Gasteiger partial charge in [0.05, 0.1) is 26.4 Å². The van der Waals surface area contributed by atoms with Crippen LogP contribution in [0.4, 0.5) is 0 Å². The molecule has 0 aliphatic heterocycles. The van der Waals surface area contributed by atoms with Gasteiger partial charge < -0.3 is 33.8 Å². The van der Waals surface area contributed by atoms with E-state index in [1.165, 1.54) is 250 Å². The minimum Gasteiger partial charge on any atom is -0.462 e. The molecular weight excluding hydrogens is 1290 g/mol. The van der Waals surface area contributed by atoms with Gasteiger partial charge in [0.2, 0.25) is 0 Å². The number of ether oxygens (including phenoxy) is 4. The van der Waals surface area contributed by atoms with Gasteiger partial charge in [-0.3, -0.25) is 37.3 Å². The zero-order chi connectivity index (χ0) is 72.7. The minimum absolute atomic E-state index is 0.107. The number of esters is 4. The molecule has 0 fully saturated rings. The highest BCUT2D eigenvalue weighted by atomic mass is 31.2. The van der Waals surface area contributed by atoms with Crippen LogP contribution in [0.25, 0.3) is 0 Å². The highest BCUT2D eigenvalue weighted by Gasteiger charge is 2.30. The van der Waals surface area contributed by atoms with Gasteiger partial charge in [-0.05, 0) is 31.6 Å². The Morgan fingerprint density at radius 3 is 0.687 bits per heavy atom. The van der Waals surface area contributed by atoms with Crippen LogP contribution in [0.15, 0.2) is 0 Å². The zero-order valence-corrected chi connectivity index (χ0v) is 66.4. The van der Waals surface area contributed by atoms with Gasteiger partial charge >= 0.3 is 39.5 Å². The summed E-state index contributed by atoms with van der Waals surface area (Å²) in [5.41, 5.74) is 0. The predicted octanol–water partition coefficient (Wildman–Crippen LogP) is 24.0. The van der Waals surface area contributed by atoms with Gasteiger partial charge in [-0.1, -0.05) is 375 Å². The fourth-order valence-corrected chi connectivity index (χ4v) is 14.0. The second kappa shape index (κ2) is 73.0. The van der Waals surface area contributed by atoms with Crippen LogP contribution in [-0.4, -0.2) is 96.7 Å². The summed E-state index contributed by atoms with van der Waals surface area (Å²) in [7, 11) is -9.92. The second-order valence-corrected chi connectivity index (χ2v) is 32.2. The molecule has 0 radical (unpaired) electrons. The molecule has 0 rings (SSSR count). The molecule has 0 aromatic rings. The van der Waals surface area contributed by atoms with E-state index in [1.807, 2.05) is 0 Å². The molecule has 3 N–H and O–H groups in total. The molecule has 5 atom stereocenters. The number of unbranched alkanes of at least 4 members (excludes halogenated alkanes) is 52. The lowest BCUT2D eigenvalue weighted by atomic mass is 10.0. The van der Waals surface area contributed by atoms with E-state index in [-0.39, 0.29) is 25.7 Å². The van der Waals surface area contributed by atoms with Crippen LogP contribution >= 0.6 is 15.6 Å². The van der Waals surface area contributed by atoms with E-state index < -0.39 is 97.5 Å². The summed E-state index contributed by atoms with van der Waals surface area (Å²) in [5.74, 6) is -1.33. The van der Waals surface area contributed by atoms with Crippen molar-refractivity contribution in [3.05, 3.63) is 0 Å². The summed E-state index contributed by atoms with van der Waals surface area (Å²) in [6.45, 7) is 7.33. The monoisotopic (exact) mass is 1450 g/mol. The summed E-state index contributed by atoms with van der Waals surface area (Å²) in [6, 6.07) is 0. The van der Waals surface area contributed by atoms with Crippen LogP contribution in [0.5, 0.6) is 0 Å². The molecule has 99 heavy (non-hydrogen) atoms. The molecule has 0 spiro atoms. The Morgan fingerprint density at radius 1 is 0.273 bits per heavy atom. The Kier molecular flexibility index (Phi) is 71.6. The lowest BCUT2D eigenvalue weighted by molar-refractivity contribution is -0.161. The normalized spacial score (nSPS) is 13.9. The van der Waals surface area contributed by atoms with Gasteiger partial charge in [-0.25, -0.2) is 9.13 Å². The largest absolute Gasteiger partial charge is 0.472 e. The summed E-state index contributed by atoms with van der Waals surface area (Å²) in [6.07, 6.45) is 63.7. The molecule has 588 valence electrons. The number of aliphatic hydroxyl groups is 1. The van der Waals surface area contributed by atoms with Crippen LogP contribution in [0, 0.1) is 5.92 Å². The SMILES string of the molecule is CCCCCCCCCCCCCCCCCCCC(=O)OC[C@H](COP(=O)(O)OC[C@@H](O)COP(=O)(O)OC[C@@H](COC(=O)CCCCCCCCCCCC)OC(=O)CCCCCCCCCCCCCCC(C)C)OC(=O)CCCCCCCCCCCCCCCCCCC. The number of rotatable bonds is 80. The summed E-state index contributed by atoms with van der Waals surface area (Å²) in [5, 5.41) is 10.6. The molecule has 0 aliphatic carbocycles. The highest BCUT2D eigenvalue weighted by Crippen LogP contribution is 2.45. The third kappa shape index (κ3) is 74.1. The van der Waals surface area contributed by atoms with E-state index in [0.717, 1.165) is 95.8 Å². The standard InChI is InChI=1S/C80H156O17P2/c1-6-9-12-15-18-21-24-26-28-30-32-34-39-44-49-54-59-64-78(83)91-70-76(97-79(84)65-60-55-50-45-40-35-33-31-29-27-25-22-19-16-13-10-7-2)72-95-99(88,89)93-68-74(81)67-92-98(86,87)94-71-75(69-90-77(82)63-58-53-48-43-23-20-17-14-11-8-3)96-80(85)66-61-56-51-46-41-37-36-38-42-47-52-57-62-73(4)5/h73-76,81H,6-72H2,1-5H3,(H,86,87)(H,88,89)/t74-,75+,76+/m0/s1. The van der Waals surface area contributed by atoms with Crippen LogP contribution in [0.2, 0.25) is 0 Å². The molecule has 0 aromatic carbocycles. The lowest BCUT2D eigenvalue weighted by Gasteiger charge is -2.21. The van der Waals surface area contributed by atoms with E-state index in [9.17, 15) is 43.2 Å². The predicted molar refractivity (Wildman–Crippen MR) is 405 cm³/mol. The van der Waals surface area contributed by atoms with Gasteiger partial charge in [-0.2, -0.15) is 0 Å². The summed E-state index contributed by atoms with van der Waals surface area (Å²) >= 11 is 0. The molecule has 0 amide bonds. The zero-order valence-electron chi connectivity index (χ0n) is 64.6. The second-order valence-electron chi connectivity index (χ2n) is 29.3. The molecule has 17 nitrogen and oxygen atoms in total. The Balaban J connectivity index is 5.24. The molecule has 0 bridgehead atoms. The number of hydrogen-bond donors (Lipinski definition) is 3. The summed E-state index contributed by atoms with van der Waals surface area (Å²) < 4.78 is 68.7. The molecule has 0 aromatic heterocycles. The van der Waals surface area contributed by atoms with Crippen molar-refractivity contribution < 1.29 is 80.2 Å². The van der Waals surface area contributed by atoms with Crippen LogP contribution < -0.4 is 0 Å². The van der Waals surface area contributed by atoms with Crippen molar-refractivity contribution >= 4 is 39.5 Å². The van der Waals surface area contributed by atoms with E-state index in [0.29, 0.717) is 25.7 Å². The number of carbonyl (C=O) groups is 4. The maximum Gasteiger partial charge on any atom is 0.472 e. The van der Waals surface area contributed by atoms with Crippen LogP contribution in [-0.2, 0) is 65.4 Å². The molecular formula is C80H156O17P2. The first-order chi connectivity index (χ1) is 48.0. The van der Waals surface area contributed by atoms with E-state index in [4.69, 9.17) is 37.0 Å². The lowest BCUT2D eigenvalue weighted by Crippen LogP contribution is -2.30. The fourth-order valence-electron chi connectivity index (χ4n) is 12.4. The first-order valence-corrected chi connectivity index (χ1v) is 44.6. The van der Waals surface area contributed by atoms with Crippen LogP contribution in [0.3, 0.4) is 0 Å². The fraction of sp³-hybridized carbons (Fsp3) is 0.950. The summed E-state index contributed by atoms with van der Waals surface area (Å²) in [4.78, 5) is 73.0. The smallest absolute Gasteiger partial charge is 0.462 e. The Labute approximate surface area is 607 Å². The van der Waals surface area contributed by atoms with Crippen molar-refractivity contribution in [2.24, 2.45) is 5.92 Å². The Morgan fingerprint density at radius 2 is 0.465 bits per heavy atom. The van der Waals surface area contributed by atoms with Gasteiger partial charge in [-0.15, -0.1) is 0 Å².